The molecule has 10 heteroatoms. The number of hydrogen-bond donors (Lipinski definition) is 1. The highest BCUT2D eigenvalue weighted by molar-refractivity contribution is 6.11. The van der Waals surface area contributed by atoms with Gasteiger partial charge in [-0.3, -0.25) is 24.6 Å². The van der Waals surface area contributed by atoms with Gasteiger partial charge in [-0.1, -0.05) is 6.07 Å². The van der Waals surface area contributed by atoms with Crippen molar-refractivity contribution >= 4 is 23.4 Å². The van der Waals surface area contributed by atoms with Crippen molar-refractivity contribution in [2.24, 2.45) is 0 Å². The second kappa shape index (κ2) is 8.46. The van der Waals surface area contributed by atoms with Crippen molar-refractivity contribution in [3.63, 3.8) is 0 Å². The van der Waals surface area contributed by atoms with E-state index >= 15 is 0 Å². The number of urea groups is 1. The SMILES string of the molecule is Cc1ccc(-n2c(C)cc(C(=O)CN3C(=O)NC(C)(c4ccc([N+](=O)[O-])cc4)C3=O)c2C)cc1F. The molecule has 1 N–H and O–H groups in total. The van der Waals surface area contributed by atoms with Crippen molar-refractivity contribution in [1.82, 2.24) is 14.8 Å². The molecule has 0 aliphatic carbocycles. The Balaban J connectivity index is 1.59. The second-order valence-electron chi connectivity index (χ2n) is 8.73. The van der Waals surface area contributed by atoms with Crippen LogP contribution in [-0.4, -0.2) is 38.7 Å². The Morgan fingerprint density at radius 3 is 2.34 bits per heavy atom. The number of nitrogens with one attached hydrogen (secondary N) is 1. The van der Waals surface area contributed by atoms with Crippen LogP contribution >= 0.6 is 0 Å². The molecular weight excluding hydrogens is 455 g/mol. The summed E-state index contributed by atoms with van der Waals surface area (Å²) in [5.41, 5.74) is 1.37. The van der Waals surface area contributed by atoms with Crippen molar-refractivity contribution in [3.05, 3.63) is 92.5 Å². The molecule has 1 atom stereocenters. The van der Waals surface area contributed by atoms with E-state index in [-0.39, 0.29) is 11.5 Å². The quantitative estimate of drug-likeness (QED) is 0.248. The molecule has 9 nitrogen and oxygen atoms in total. The van der Waals surface area contributed by atoms with E-state index in [9.17, 15) is 28.9 Å². The summed E-state index contributed by atoms with van der Waals surface area (Å²) < 4.78 is 15.9. The number of benzene rings is 2. The van der Waals surface area contributed by atoms with Crippen molar-refractivity contribution in [2.75, 3.05) is 6.54 Å². The lowest BCUT2D eigenvalue weighted by Crippen LogP contribution is -2.41. The maximum Gasteiger partial charge on any atom is 0.325 e. The van der Waals surface area contributed by atoms with Crippen molar-refractivity contribution in [3.8, 4) is 5.69 Å². The first-order valence-corrected chi connectivity index (χ1v) is 10.8. The topological polar surface area (TPSA) is 115 Å². The van der Waals surface area contributed by atoms with E-state index in [1.807, 2.05) is 0 Å². The van der Waals surface area contributed by atoms with E-state index < -0.39 is 34.7 Å². The maximum absolute atomic E-state index is 14.1. The van der Waals surface area contributed by atoms with Crippen LogP contribution in [0.1, 0.15) is 39.8 Å². The fraction of sp³-hybridized carbons (Fsp3) is 0.240. The van der Waals surface area contributed by atoms with Crippen molar-refractivity contribution in [1.29, 1.82) is 0 Å². The molecule has 0 radical (unpaired) electrons. The zero-order valence-electron chi connectivity index (χ0n) is 19.6. The number of halogens is 1. The largest absolute Gasteiger partial charge is 0.325 e. The first kappa shape index (κ1) is 23.8. The number of non-ortho nitro benzene ring substituents is 1. The Morgan fingerprint density at radius 1 is 1.09 bits per heavy atom. The highest BCUT2D eigenvalue weighted by Crippen LogP contribution is 2.31. The Kier molecular flexibility index (Phi) is 5.75. The molecule has 180 valence electrons. The van der Waals surface area contributed by atoms with Crippen molar-refractivity contribution in [2.45, 2.75) is 33.2 Å². The average molecular weight is 478 g/mol. The van der Waals surface area contributed by atoms with Crippen LogP contribution in [0.5, 0.6) is 0 Å². The van der Waals surface area contributed by atoms with Gasteiger partial charge in [-0.25, -0.2) is 9.18 Å². The van der Waals surface area contributed by atoms with Gasteiger partial charge in [-0.05, 0) is 69.2 Å². The molecule has 1 aliphatic heterocycles. The number of aromatic nitrogens is 1. The van der Waals surface area contributed by atoms with E-state index in [1.54, 1.807) is 43.5 Å². The standard InChI is InChI=1S/C25H23FN4O5/c1-14-5-8-19(12-21(14)26)29-15(2)11-20(16(29)3)22(31)13-28-23(32)25(4,27-24(28)33)17-6-9-18(10-7-17)30(34)35/h5-12H,13H2,1-4H3,(H,27,33). The molecule has 2 heterocycles. The summed E-state index contributed by atoms with van der Waals surface area (Å²) in [5.74, 6) is -1.46. The van der Waals surface area contributed by atoms with Crippen LogP contribution in [-0.2, 0) is 10.3 Å². The highest BCUT2D eigenvalue weighted by atomic mass is 19.1. The molecule has 0 spiro atoms. The van der Waals surface area contributed by atoms with Gasteiger partial charge < -0.3 is 9.88 Å². The van der Waals surface area contributed by atoms with Gasteiger partial charge in [-0.2, -0.15) is 0 Å². The number of hydrogen-bond acceptors (Lipinski definition) is 5. The third-order valence-corrected chi connectivity index (χ3v) is 6.38. The second-order valence-corrected chi connectivity index (χ2v) is 8.73. The summed E-state index contributed by atoms with van der Waals surface area (Å²) in [5, 5.41) is 13.5. The van der Waals surface area contributed by atoms with E-state index in [0.29, 0.717) is 33.8 Å². The third-order valence-electron chi connectivity index (χ3n) is 6.38. The fourth-order valence-corrected chi connectivity index (χ4v) is 4.34. The Labute approximate surface area is 200 Å². The van der Waals surface area contributed by atoms with Gasteiger partial charge in [0.1, 0.15) is 11.4 Å². The molecule has 1 fully saturated rings. The lowest BCUT2D eigenvalue weighted by Gasteiger charge is -2.22. The third kappa shape index (κ3) is 3.96. The van der Waals surface area contributed by atoms with Crippen LogP contribution in [0.15, 0.2) is 48.5 Å². The number of imide groups is 1. The molecule has 3 aromatic rings. The zero-order chi connectivity index (χ0) is 25.7. The smallest absolute Gasteiger partial charge is 0.319 e. The van der Waals surface area contributed by atoms with Gasteiger partial charge in [0.2, 0.25) is 0 Å². The van der Waals surface area contributed by atoms with Crippen LogP contribution in [0.3, 0.4) is 0 Å². The first-order chi connectivity index (χ1) is 16.4. The summed E-state index contributed by atoms with van der Waals surface area (Å²) in [6.07, 6.45) is 0. The monoisotopic (exact) mass is 478 g/mol. The number of nitro groups is 1. The van der Waals surface area contributed by atoms with Gasteiger partial charge in [0.15, 0.2) is 5.78 Å². The molecule has 2 aromatic carbocycles. The lowest BCUT2D eigenvalue weighted by molar-refractivity contribution is -0.384. The summed E-state index contributed by atoms with van der Waals surface area (Å²) in [6, 6.07) is 11.0. The van der Waals surface area contributed by atoms with E-state index in [4.69, 9.17) is 0 Å². The number of rotatable bonds is 6. The average Bonchev–Trinajstić information content (AvgIpc) is 3.23. The number of amides is 3. The van der Waals surface area contributed by atoms with Crippen LogP contribution in [0, 0.1) is 36.7 Å². The summed E-state index contributed by atoms with van der Waals surface area (Å²) in [6.45, 7) is 6.15. The van der Waals surface area contributed by atoms with E-state index in [2.05, 4.69) is 5.32 Å². The van der Waals surface area contributed by atoms with Crippen LogP contribution in [0.25, 0.3) is 5.69 Å². The first-order valence-electron chi connectivity index (χ1n) is 10.8. The molecular formula is C25H23FN4O5. The normalized spacial score (nSPS) is 17.6. The van der Waals surface area contributed by atoms with Gasteiger partial charge in [0, 0.05) is 34.8 Å². The molecule has 0 saturated carbocycles. The van der Waals surface area contributed by atoms with Gasteiger partial charge in [0.25, 0.3) is 11.6 Å². The number of ketones is 1. The maximum atomic E-state index is 14.1. The summed E-state index contributed by atoms with van der Waals surface area (Å²) in [7, 11) is 0. The number of aryl methyl sites for hydroxylation is 2. The molecule has 1 saturated heterocycles. The molecule has 4 rings (SSSR count). The minimum atomic E-state index is -1.47. The number of nitrogens with zero attached hydrogens (tertiary/aromatic N) is 3. The molecule has 1 unspecified atom stereocenters. The molecule has 3 amide bonds. The predicted molar refractivity (Wildman–Crippen MR) is 125 cm³/mol. The molecule has 1 aliphatic rings. The number of carbonyl (C=O) groups is 3. The predicted octanol–water partition coefficient (Wildman–Crippen LogP) is 4.10. The van der Waals surface area contributed by atoms with Crippen LogP contribution in [0.4, 0.5) is 14.9 Å². The zero-order valence-corrected chi connectivity index (χ0v) is 19.6. The van der Waals surface area contributed by atoms with Crippen molar-refractivity contribution < 1.29 is 23.7 Å². The Hall–Kier alpha value is -4.34. The number of Topliss-reactive ketones (excluding diaryl/α,β-unsaturated/α-hetero) is 1. The molecule has 1 aromatic heterocycles. The Morgan fingerprint density at radius 2 is 1.74 bits per heavy atom. The minimum absolute atomic E-state index is 0.148. The van der Waals surface area contributed by atoms with Crippen LogP contribution < -0.4 is 5.32 Å². The fourth-order valence-electron chi connectivity index (χ4n) is 4.34. The van der Waals surface area contributed by atoms with E-state index in [0.717, 1.165) is 4.90 Å². The molecule has 35 heavy (non-hydrogen) atoms. The lowest BCUT2D eigenvalue weighted by atomic mass is 9.92. The van der Waals surface area contributed by atoms with Crippen LogP contribution in [0.2, 0.25) is 0 Å². The highest BCUT2D eigenvalue weighted by Gasteiger charge is 2.49. The summed E-state index contributed by atoms with van der Waals surface area (Å²) >= 11 is 0. The minimum Gasteiger partial charge on any atom is -0.319 e. The van der Waals surface area contributed by atoms with Gasteiger partial charge in [0.05, 0.1) is 11.5 Å². The summed E-state index contributed by atoms with van der Waals surface area (Å²) in [4.78, 5) is 50.2. The number of nitro benzene ring substituents is 1. The van der Waals surface area contributed by atoms with Gasteiger partial charge in [-0.15, -0.1) is 0 Å². The molecule has 0 bridgehead atoms. The van der Waals surface area contributed by atoms with Gasteiger partial charge >= 0.3 is 6.03 Å². The van der Waals surface area contributed by atoms with E-state index in [1.165, 1.54) is 37.3 Å². The number of carbonyl (C=O) groups excluding carboxylic acids is 3. The Bertz CT molecular complexity index is 1400.